The van der Waals surface area contributed by atoms with Gasteiger partial charge in [0.1, 0.15) is 0 Å². The first-order valence-corrected chi connectivity index (χ1v) is 12.0. The summed E-state index contributed by atoms with van der Waals surface area (Å²) in [4.78, 5) is 22.7. The maximum atomic E-state index is 13.3. The lowest BCUT2D eigenvalue weighted by atomic mass is 9.60. The van der Waals surface area contributed by atoms with Crippen molar-refractivity contribution in [3.8, 4) is 0 Å². The Labute approximate surface area is 200 Å². The Morgan fingerprint density at radius 3 is 2.66 bits per heavy atom. The third-order valence-corrected chi connectivity index (χ3v) is 7.32. The summed E-state index contributed by atoms with van der Waals surface area (Å²) in [6, 6.07) is 14.8. The van der Waals surface area contributed by atoms with Crippen LogP contribution in [0.1, 0.15) is 59.4 Å². The predicted molar refractivity (Wildman–Crippen MR) is 132 cm³/mol. The van der Waals surface area contributed by atoms with Gasteiger partial charge in [0, 0.05) is 34.0 Å². The zero-order valence-electron chi connectivity index (χ0n) is 18.2. The summed E-state index contributed by atoms with van der Waals surface area (Å²) in [5.74, 6) is 1.03. The molecule has 4 aromatic rings. The van der Waals surface area contributed by atoms with Gasteiger partial charge in [-0.3, -0.25) is 4.79 Å². The van der Waals surface area contributed by atoms with E-state index in [0.717, 1.165) is 23.7 Å². The number of aromatic amines is 1. The molecule has 1 aliphatic carbocycles. The topological polar surface area (TPSA) is 75.0 Å². The summed E-state index contributed by atoms with van der Waals surface area (Å²) < 4.78 is 6.41. The minimum atomic E-state index is -0.0660. The van der Waals surface area contributed by atoms with Crippen molar-refractivity contribution in [2.75, 3.05) is 7.05 Å². The molecule has 2 aromatic carbocycles. The number of hydrogen-bond acceptors (Lipinski definition) is 4. The number of carbonyl (C=O) groups excluding carboxylic acids is 1. The summed E-state index contributed by atoms with van der Waals surface area (Å²) in [5.41, 5.74) is 4.19. The molecule has 1 amide bonds. The lowest BCUT2D eigenvalue weighted by Crippen LogP contribution is -2.35. The molecule has 6 nitrogen and oxygen atoms in total. The Kier molecular flexibility index (Phi) is 5.53. The van der Waals surface area contributed by atoms with Crippen LogP contribution in [0.3, 0.4) is 0 Å². The van der Waals surface area contributed by atoms with Crippen LogP contribution in [-0.2, 0) is 18.4 Å². The fourth-order valence-electron chi connectivity index (χ4n) is 4.73. The van der Waals surface area contributed by atoms with Crippen LogP contribution in [0.15, 0.2) is 53.2 Å². The second-order valence-corrected chi connectivity index (χ2v) is 9.74. The van der Waals surface area contributed by atoms with Crippen LogP contribution in [0, 0.1) is 3.57 Å². The highest BCUT2D eigenvalue weighted by Crippen LogP contribution is 2.51. The van der Waals surface area contributed by atoms with Gasteiger partial charge in [0.05, 0.1) is 17.6 Å². The van der Waals surface area contributed by atoms with Crippen LogP contribution in [0.25, 0.3) is 10.9 Å². The molecule has 32 heavy (non-hydrogen) atoms. The number of para-hydroxylation sites is 1. The fourth-order valence-corrected chi connectivity index (χ4v) is 5.09. The molecule has 0 aliphatic heterocycles. The molecule has 0 radical (unpaired) electrons. The zero-order valence-corrected chi connectivity index (χ0v) is 20.3. The Bertz CT molecular complexity index is 1270. The largest absolute Gasteiger partial charge is 0.360 e. The number of nitrogens with zero attached hydrogens (tertiary/aromatic N) is 3. The molecule has 0 unspecified atom stereocenters. The molecule has 1 N–H and O–H groups in total. The lowest BCUT2D eigenvalue weighted by molar-refractivity contribution is 0.0782. The number of aryl methyl sites for hydroxylation is 1. The number of nitrogens with one attached hydrogen (secondary N) is 1. The van der Waals surface area contributed by atoms with Crippen molar-refractivity contribution in [1.29, 1.82) is 0 Å². The average molecular weight is 540 g/mol. The van der Waals surface area contributed by atoms with E-state index >= 15 is 0 Å². The van der Waals surface area contributed by atoms with E-state index in [0.29, 0.717) is 30.2 Å². The van der Waals surface area contributed by atoms with Gasteiger partial charge >= 0.3 is 0 Å². The number of benzene rings is 2. The fraction of sp³-hybridized carbons (Fsp3) is 0.320. The quantitative estimate of drug-likeness (QED) is 0.330. The molecule has 5 rings (SSSR count). The average Bonchev–Trinajstić information content (AvgIpc) is 3.41. The van der Waals surface area contributed by atoms with Gasteiger partial charge in [-0.15, -0.1) is 0 Å². The zero-order chi connectivity index (χ0) is 22.3. The summed E-state index contributed by atoms with van der Waals surface area (Å²) in [6.07, 6.45) is 6.24. The first-order chi connectivity index (χ1) is 15.5. The van der Waals surface area contributed by atoms with Crippen molar-refractivity contribution < 1.29 is 9.32 Å². The first kappa shape index (κ1) is 21.2. The molecule has 1 aliphatic rings. The Balaban J connectivity index is 1.49. The van der Waals surface area contributed by atoms with Crippen molar-refractivity contribution in [1.82, 2.24) is 20.0 Å². The van der Waals surface area contributed by atoms with Crippen LogP contribution in [0.2, 0.25) is 0 Å². The van der Waals surface area contributed by atoms with E-state index < -0.39 is 0 Å². The maximum absolute atomic E-state index is 13.3. The Morgan fingerprint density at radius 2 is 2.00 bits per heavy atom. The highest BCUT2D eigenvalue weighted by molar-refractivity contribution is 14.1. The van der Waals surface area contributed by atoms with Crippen molar-refractivity contribution in [3.05, 3.63) is 80.6 Å². The summed E-state index contributed by atoms with van der Waals surface area (Å²) >= 11 is 2.35. The van der Waals surface area contributed by atoms with Crippen LogP contribution in [0.5, 0.6) is 0 Å². The molecule has 0 bridgehead atoms. The molecule has 1 fully saturated rings. The van der Waals surface area contributed by atoms with Crippen molar-refractivity contribution in [2.24, 2.45) is 0 Å². The monoisotopic (exact) mass is 540 g/mol. The van der Waals surface area contributed by atoms with Gasteiger partial charge in [0.25, 0.3) is 5.91 Å². The number of amides is 1. The highest BCUT2D eigenvalue weighted by Gasteiger charge is 2.42. The number of halogens is 1. The summed E-state index contributed by atoms with van der Waals surface area (Å²) in [6.45, 7) is 2.26. The van der Waals surface area contributed by atoms with Gasteiger partial charge in [-0.2, -0.15) is 4.98 Å². The van der Waals surface area contributed by atoms with Crippen LogP contribution in [-0.4, -0.2) is 33.0 Å². The normalized spacial score (nSPS) is 15.0. The van der Waals surface area contributed by atoms with Gasteiger partial charge in [-0.25, -0.2) is 0 Å². The molecule has 1 saturated carbocycles. The molecule has 164 valence electrons. The Morgan fingerprint density at radius 1 is 1.22 bits per heavy atom. The van der Waals surface area contributed by atoms with E-state index in [9.17, 15) is 4.79 Å². The molecule has 0 saturated heterocycles. The number of rotatable bonds is 6. The number of H-pyrrole nitrogens is 1. The van der Waals surface area contributed by atoms with E-state index in [1.165, 1.54) is 21.1 Å². The smallest absolute Gasteiger partial charge is 0.256 e. The number of fused-ring (bicyclic) bond motifs is 1. The third kappa shape index (κ3) is 3.52. The number of hydrogen-bond donors (Lipinski definition) is 1. The standard InChI is InChI=1S/C25H25IN4O2/c1-3-22-28-21(29-32-22)15-30(2)24(31)19-7-4-6-18-20(14-27-23(18)19)25(12-5-13-25)16-8-10-17(26)11-9-16/h4,6-11,14,27H,3,5,12-13,15H2,1-2H3. The SMILES string of the molecule is CCc1nc(CN(C)C(=O)c2cccc3c(C4(c5ccc(I)cc5)CCC4)c[nH]c23)no1. The summed E-state index contributed by atoms with van der Waals surface area (Å²) in [7, 11) is 1.77. The van der Waals surface area contributed by atoms with Gasteiger partial charge in [0.2, 0.25) is 5.89 Å². The second kappa shape index (κ2) is 8.35. The minimum Gasteiger partial charge on any atom is -0.360 e. The maximum Gasteiger partial charge on any atom is 0.256 e. The van der Waals surface area contributed by atoms with E-state index in [-0.39, 0.29) is 11.3 Å². The van der Waals surface area contributed by atoms with Gasteiger partial charge in [0.15, 0.2) is 5.82 Å². The molecular formula is C25H25IN4O2. The molecule has 0 spiro atoms. The van der Waals surface area contributed by atoms with Crippen molar-refractivity contribution in [3.63, 3.8) is 0 Å². The van der Waals surface area contributed by atoms with E-state index in [2.05, 4.69) is 74.2 Å². The molecule has 2 heterocycles. The molecule has 0 atom stereocenters. The molecule has 7 heteroatoms. The minimum absolute atomic E-state index is 0.0113. The van der Waals surface area contributed by atoms with E-state index in [1.807, 2.05) is 19.1 Å². The number of carbonyl (C=O) groups is 1. The van der Waals surface area contributed by atoms with Crippen molar-refractivity contribution in [2.45, 2.75) is 44.6 Å². The predicted octanol–water partition coefficient (Wildman–Crippen LogP) is 5.46. The second-order valence-electron chi connectivity index (χ2n) is 8.49. The van der Waals surface area contributed by atoms with Crippen LogP contribution < -0.4 is 0 Å². The van der Waals surface area contributed by atoms with Gasteiger partial charge in [-0.1, -0.05) is 42.8 Å². The van der Waals surface area contributed by atoms with Crippen LogP contribution >= 0.6 is 22.6 Å². The van der Waals surface area contributed by atoms with E-state index in [1.54, 1.807) is 11.9 Å². The molecule has 2 aromatic heterocycles. The van der Waals surface area contributed by atoms with Gasteiger partial charge < -0.3 is 14.4 Å². The highest BCUT2D eigenvalue weighted by atomic mass is 127. The lowest BCUT2D eigenvalue weighted by Gasteiger charge is -2.42. The third-order valence-electron chi connectivity index (χ3n) is 6.60. The van der Waals surface area contributed by atoms with Crippen molar-refractivity contribution >= 4 is 39.4 Å². The van der Waals surface area contributed by atoms with E-state index in [4.69, 9.17) is 4.52 Å². The Hall–Kier alpha value is -2.68. The first-order valence-electron chi connectivity index (χ1n) is 11.0. The summed E-state index contributed by atoms with van der Waals surface area (Å²) in [5, 5.41) is 5.09. The molecular weight excluding hydrogens is 515 g/mol. The number of aromatic nitrogens is 3. The van der Waals surface area contributed by atoms with Crippen LogP contribution in [0.4, 0.5) is 0 Å². The van der Waals surface area contributed by atoms with Gasteiger partial charge in [-0.05, 0) is 64.8 Å².